The number of ether oxygens (including phenoxy) is 1. The number of carbonyl (C=O) groups is 2. The molecule has 1 aliphatic carbocycles. The summed E-state index contributed by atoms with van der Waals surface area (Å²) in [5.74, 6) is -2.73. The molecule has 1 rings (SSSR count). The number of esters is 1. The summed E-state index contributed by atoms with van der Waals surface area (Å²) in [6.07, 6.45) is -3.18. The predicted molar refractivity (Wildman–Crippen MR) is 59.2 cm³/mol. The van der Waals surface area contributed by atoms with Crippen LogP contribution in [0.25, 0.3) is 0 Å². The van der Waals surface area contributed by atoms with Crippen molar-refractivity contribution in [1.29, 1.82) is 0 Å². The summed E-state index contributed by atoms with van der Waals surface area (Å²) in [7, 11) is 0. The first-order valence-corrected chi connectivity index (χ1v) is 5.70. The van der Waals surface area contributed by atoms with Gasteiger partial charge in [-0.25, -0.2) is 4.79 Å². The van der Waals surface area contributed by atoms with Gasteiger partial charge < -0.3 is 9.84 Å². The summed E-state index contributed by atoms with van der Waals surface area (Å²) >= 11 is 0. The molecule has 0 spiro atoms. The molecule has 0 radical (unpaired) electrons. The molecule has 0 saturated heterocycles. The lowest BCUT2D eigenvalue weighted by atomic mass is 10.1. The van der Waals surface area contributed by atoms with E-state index in [-0.39, 0.29) is 5.92 Å². The maximum Gasteiger partial charge on any atom is 0.392 e. The Hall–Kier alpha value is -1.53. The van der Waals surface area contributed by atoms with E-state index in [0.29, 0.717) is 0 Å². The van der Waals surface area contributed by atoms with Crippen molar-refractivity contribution in [3.63, 3.8) is 0 Å². The zero-order valence-electron chi connectivity index (χ0n) is 10.5. The molecule has 0 aliphatic heterocycles. The van der Waals surface area contributed by atoms with Crippen molar-refractivity contribution in [1.82, 2.24) is 0 Å². The van der Waals surface area contributed by atoms with Crippen molar-refractivity contribution in [2.24, 2.45) is 17.3 Å². The number of hydrogen-bond donors (Lipinski definition) is 1. The minimum atomic E-state index is -4.36. The normalized spacial score (nSPS) is 25.3. The molecule has 0 aromatic carbocycles. The molecule has 2 unspecified atom stereocenters. The molecular weight excluding hydrogens is 265 g/mol. The van der Waals surface area contributed by atoms with E-state index in [9.17, 15) is 22.8 Å². The number of alkyl halides is 3. The lowest BCUT2D eigenvalue weighted by molar-refractivity contribution is -0.155. The number of allylic oxidation sites excluding steroid dienone is 1. The zero-order chi connectivity index (χ0) is 14.8. The molecule has 19 heavy (non-hydrogen) atoms. The van der Waals surface area contributed by atoms with Gasteiger partial charge in [-0.3, -0.25) is 4.79 Å². The molecule has 0 aromatic heterocycles. The number of hydrogen-bond acceptors (Lipinski definition) is 3. The Morgan fingerprint density at radius 1 is 1.37 bits per heavy atom. The molecule has 0 bridgehead atoms. The second-order valence-corrected chi connectivity index (χ2v) is 5.05. The Morgan fingerprint density at radius 2 is 1.95 bits per heavy atom. The SMILES string of the molecule is CC1(C)C(C=CC(=O)OCCC(F)(F)F)C1C(=O)O. The summed E-state index contributed by atoms with van der Waals surface area (Å²) in [5.41, 5.74) is -0.450. The summed E-state index contributed by atoms with van der Waals surface area (Å²) in [5, 5.41) is 8.88. The molecule has 0 amide bonds. The van der Waals surface area contributed by atoms with E-state index in [1.165, 1.54) is 6.08 Å². The maximum atomic E-state index is 11.8. The number of carboxylic acids is 1. The number of carboxylic acid groups (broad SMARTS) is 1. The minimum absolute atomic E-state index is 0.305. The molecule has 108 valence electrons. The first kappa shape index (κ1) is 15.5. The van der Waals surface area contributed by atoms with Gasteiger partial charge in [0.25, 0.3) is 0 Å². The van der Waals surface area contributed by atoms with E-state index in [4.69, 9.17) is 5.11 Å². The highest BCUT2D eigenvalue weighted by Gasteiger charge is 2.60. The van der Waals surface area contributed by atoms with Crippen LogP contribution in [0.5, 0.6) is 0 Å². The molecule has 1 fully saturated rings. The van der Waals surface area contributed by atoms with Gasteiger partial charge in [-0.1, -0.05) is 19.9 Å². The van der Waals surface area contributed by atoms with Crippen molar-refractivity contribution in [2.75, 3.05) is 6.61 Å². The fourth-order valence-corrected chi connectivity index (χ4v) is 2.01. The van der Waals surface area contributed by atoms with E-state index in [0.717, 1.165) is 6.08 Å². The first-order chi connectivity index (χ1) is 8.55. The Labute approximate surface area is 108 Å². The summed E-state index contributed by atoms with van der Waals surface area (Å²) in [4.78, 5) is 22.0. The Morgan fingerprint density at radius 3 is 2.37 bits per heavy atom. The van der Waals surface area contributed by atoms with E-state index >= 15 is 0 Å². The summed E-state index contributed by atoms with van der Waals surface area (Å²) in [6.45, 7) is 2.76. The summed E-state index contributed by atoms with van der Waals surface area (Å²) < 4.78 is 39.8. The summed E-state index contributed by atoms with van der Waals surface area (Å²) in [6, 6.07) is 0. The Balaban J connectivity index is 2.38. The number of aliphatic carboxylic acids is 1. The van der Waals surface area contributed by atoms with E-state index in [1.54, 1.807) is 13.8 Å². The molecule has 1 N–H and O–H groups in total. The van der Waals surface area contributed by atoms with Gasteiger partial charge in [-0.2, -0.15) is 13.2 Å². The van der Waals surface area contributed by atoms with Crippen LogP contribution >= 0.6 is 0 Å². The van der Waals surface area contributed by atoms with Crippen molar-refractivity contribution in [3.05, 3.63) is 12.2 Å². The van der Waals surface area contributed by atoms with Crippen LogP contribution in [0, 0.1) is 17.3 Å². The van der Waals surface area contributed by atoms with Crippen LogP contribution in [-0.4, -0.2) is 29.8 Å². The highest BCUT2D eigenvalue weighted by molar-refractivity contribution is 5.83. The molecule has 1 saturated carbocycles. The monoisotopic (exact) mass is 280 g/mol. The van der Waals surface area contributed by atoms with Gasteiger partial charge >= 0.3 is 18.1 Å². The van der Waals surface area contributed by atoms with E-state index in [2.05, 4.69) is 4.74 Å². The van der Waals surface area contributed by atoms with E-state index in [1.807, 2.05) is 0 Å². The Kier molecular flexibility index (Phi) is 4.27. The van der Waals surface area contributed by atoms with Gasteiger partial charge in [0.2, 0.25) is 0 Å². The van der Waals surface area contributed by atoms with Crippen molar-refractivity contribution >= 4 is 11.9 Å². The predicted octanol–water partition coefficient (Wildman–Crippen LogP) is 2.40. The van der Waals surface area contributed by atoms with Crippen LogP contribution in [0.1, 0.15) is 20.3 Å². The number of rotatable bonds is 5. The van der Waals surface area contributed by atoms with Crippen molar-refractivity contribution < 1.29 is 32.6 Å². The highest BCUT2D eigenvalue weighted by atomic mass is 19.4. The standard InChI is InChI=1S/C12H15F3O4/c1-11(2)7(9(11)10(17)18)3-4-8(16)19-6-5-12(13,14)15/h3-4,7,9H,5-6H2,1-2H3,(H,17,18). The van der Waals surface area contributed by atoms with Crippen LogP contribution in [0.3, 0.4) is 0 Å². The lowest BCUT2D eigenvalue weighted by Crippen LogP contribution is -2.13. The number of carbonyl (C=O) groups excluding carboxylic acids is 1. The molecule has 2 atom stereocenters. The molecule has 0 heterocycles. The van der Waals surface area contributed by atoms with Crippen LogP contribution in [-0.2, 0) is 14.3 Å². The fraction of sp³-hybridized carbons (Fsp3) is 0.667. The third-order valence-electron chi connectivity index (χ3n) is 3.25. The van der Waals surface area contributed by atoms with Crippen molar-refractivity contribution in [3.8, 4) is 0 Å². The van der Waals surface area contributed by atoms with Crippen molar-refractivity contribution in [2.45, 2.75) is 26.4 Å². The Bertz CT molecular complexity index is 398. The second-order valence-electron chi connectivity index (χ2n) is 5.05. The maximum absolute atomic E-state index is 11.8. The zero-order valence-corrected chi connectivity index (χ0v) is 10.5. The molecule has 1 aliphatic rings. The van der Waals surface area contributed by atoms with Gasteiger partial charge in [0.1, 0.15) is 6.61 Å². The smallest absolute Gasteiger partial charge is 0.392 e. The van der Waals surface area contributed by atoms with Crippen LogP contribution < -0.4 is 0 Å². The molecule has 4 nitrogen and oxygen atoms in total. The minimum Gasteiger partial charge on any atom is -0.481 e. The first-order valence-electron chi connectivity index (χ1n) is 5.70. The quantitative estimate of drug-likeness (QED) is 0.620. The molecule has 7 heteroatoms. The number of halogens is 3. The van der Waals surface area contributed by atoms with Gasteiger partial charge in [0.15, 0.2) is 0 Å². The topological polar surface area (TPSA) is 63.6 Å². The largest absolute Gasteiger partial charge is 0.481 e. The van der Waals surface area contributed by atoms with Gasteiger partial charge in [-0.05, 0) is 11.3 Å². The van der Waals surface area contributed by atoms with Crippen LogP contribution in [0.4, 0.5) is 13.2 Å². The second kappa shape index (κ2) is 5.22. The molecular formula is C12H15F3O4. The van der Waals surface area contributed by atoms with Gasteiger partial charge in [-0.15, -0.1) is 0 Å². The van der Waals surface area contributed by atoms with Gasteiger partial charge in [0.05, 0.1) is 12.3 Å². The van der Waals surface area contributed by atoms with Gasteiger partial charge in [0, 0.05) is 6.08 Å². The van der Waals surface area contributed by atoms with E-state index < -0.39 is 42.5 Å². The fourth-order valence-electron chi connectivity index (χ4n) is 2.01. The third kappa shape index (κ3) is 4.25. The van der Waals surface area contributed by atoms with Crippen LogP contribution in [0.2, 0.25) is 0 Å². The average molecular weight is 280 g/mol. The average Bonchev–Trinajstić information content (AvgIpc) is 2.75. The lowest BCUT2D eigenvalue weighted by Gasteiger charge is -2.05. The molecule has 0 aromatic rings. The third-order valence-corrected chi connectivity index (χ3v) is 3.25. The van der Waals surface area contributed by atoms with Crippen LogP contribution in [0.15, 0.2) is 12.2 Å². The highest BCUT2D eigenvalue weighted by Crippen LogP contribution is 2.58.